The predicted octanol–water partition coefficient (Wildman–Crippen LogP) is 3.49. The number of benzene rings is 2. The Morgan fingerprint density at radius 3 is 2.35 bits per heavy atom. The van der Waals surface area contributed by atoms with E-state index in [2.05, 4.69) is 48.5 Å². The molecule has 2 aromatic rings. The molecule has 1 aliphatic heterocycles. The summed E-state index contributed by atoms with van der Waals surface area (Å²) in [5, 5.41) is 0. The third kappa shape index (κ3) is 3.06. The zero-order valence-electron chi connectivity index (χ0n) is 11.4. The Balaban J connectivity index is 1.75. The first kappa shape index (κ1) is 13.7. The molecule has 2 atom stereocenters. The van der Waals surface area contributed by atoms with Crippen LogP contribution >= 0.6 is 11.8 Å². The van der Waals surface area contributed by atoms with Crippen LogP contribution in [0.2, 0.25) is 0 Å². The molecular formula is C17H19NOS. The zero-order valence-corrected chi connectivity index (χ0v) is 12.2. The van der Waals surface area contributed by atoms with Gasteiger partial charge in [-0.1, -0.05) is 54.6 Å². The molecule has 2 unspecified atom stereocenters. The fourth-order valence-electron chi connectivity index (χ4n) is 2.46. The molecule has 1 aliphatic rings. The number of rotatable bonds is 3. The minimum Gasteiger partial charge on any atom is -0.375 e. The van der Waals surface area contributed by atoms with Gasteiger partial charge in [0, 0.05) is 11.5 Å². The van der Waals surface area contributed by atoms with Gasteiger partial charge in [0.1, 0.15) is 0 Å². The maximum atomic E-state index is 6.32. The molecule has 2 aromatic carbocycles. The van der Waals surface area contributed by atoms with E-state index in [1.54, 1.807) is 0 Å². The molecule has 3 heteroatoms. The van der Waals surface area contributed by atoms with Gasteiger partial charge in [0.25, 0.3) is 0 Å². The molecule has 2 N–H and O–H groups in total. The summed E-state index contributed by atoms with van der Waals surface area (Å²) in [7, 11) is 0. The van der Waals surface area contributed by atoms with E-state index >= 15 is 0 Å². The fourth-order valence-corrected chi connectivity index (χ4v) is 3.37. The Kier molecular flexibility index (Phi) is 4.41. The second kappa shape index (κ2) is 6.44. The molecule has 0 radical (unpaired) electrons. The van der Waals surface area contributed by atoms with Crippen molar-refractivity contribution in [3.05, 3.63) is 60.2 Å². The van der Waals surface area contributed by atoms with Gasteiger partial charge in [-0.3, -0.25) is 0 Å². The van der Waals surface area contributed by atoms with Crippen LogP contribution in [-0.2, 0) is 4.74 Å². The van der Waals surface area contributed by atoms with Crippen LogP contribution in [0.4, 0.5) is 0 Å². The minimum atomic E-state index is -0.0346. The van der Waals surface area contributed by atoms with Crippen molar-refractivity contribution < 1.29 is 4.74 Å². The molecule has 0 aliphatic carbocycles. The number of ether oxygens (including phenoxy) is 1. The highest BCUT2D eigenvalue weighted by atomic mass is 32.2. The molecule has 20 heavy (non-hydrogen) atoms. The lowest BCUT2D eigenvalue weighted by atomic mass is 9.99. The van der Waals surface area contributed by atoms with E-state index in [0.29, 0.717) is 0 Å². The van der Waals surface area contributed by atoms with Gasteiger partial charge in [0.15, 0.2) is 0 Å². The summed E-state index contributed by atoms with van der Waals surface area (Å²) in [4.78, 5) is 0. The van der Waals surface area contributed by atoms with Crippen LogP contribution in [0.1, 0.15) is 11.6 Å². The van der Waals surface area contributed by atoms with Crippen molar-refractivity contribution in [3.8, 4) is 11.1 Å². The van der Waals surface area contributed by atoms with Crippen molar-refractivity contribution in [2.24, 2.45) is 5.73 Å². The number of thioether (sulfide) groups is 1. The summed E-state index contributed by atoms with van der Waals surface area (Å²) >= 11 is 1.92. The summed E-state index contributed by atoms with van der Waals surface area (Å²) in [6.45, 7) is 0.811. The minimum absolute atomic E-state index is 0.0346. The fraction of sp³-hybridized carbons (Fsp3) is 0.294. The third-order valence-electron chi connectivity index (χ3n) is 3.64. The molecule has 0 bridgehead atoms. The molecule has 0 saturated carbocycles. The Hall–Kier alpha value is -1.29. The molecule has 2 nitrogen and oxygen atoms in total. The molecule has 1 fully saturated rings. The molecule has 3 rings (SSSR count). The van der Waals surface area contributed by atoms with Gasteiger partial charge in [-0.25, -0.2) is 0 Å². The lowest BCUT2D eigenvalue weighted by molar-refractivity contribution is 0.0569. The summed E-state index contributed by atoms with van der Waals surface area (Å²) < 4.78 is 5.76. The Labute approximate surface area is 124 Å². The monoisotopic (exact) mass is 285 g/mol. The van der Waals surface area contributed by atoms with Gasteiger partial charge in [-0.15, -0.1) is 0 Å². The van der Waals surface area contributed by atoms with Crippen molar-refractivity contribution >= 4 is 11.8 Å². The quantitative estimate of drug-likeness (QED) is 0.937. The normalized spacial score (nSPS) is 20.6. The van der Waals surface area contributed by atoms with Crippen molar-refractivity contribution in [1.29, 1.82) is 0 Å². The van der Waals surface area contributed by atoms with Crippen molar-refractivity contribution in [3.63, 3.8) is 0 Å². The molecule has 0 amide bonds. The van der Waals surface area contributed by atoms with Crippen LogP contribution < -0.4 is 5.73 Å². The molecule has 1 heterocycles. The second-order valence-corrected chi connectivity index (χ2v) is 6.15. The highest BCUT2D eigenvalue weighted by molar-refractivity contribution is 7.99. The van der Waals surface area contributed by atoms with Gasteiger partial charge < -0.3 is 10.5 Å². The largest absolute Gasteiger partial charge is 0.375 e. The molecular weight excluding hydrogens is 266 g/mol. The Bertz CT molecular complexity index is 535. The average molecular weight is 285 g/mol. The van der Waals surface area contributed by atoms with E-state index in [0.717, 1.165) is 23.7 Å². The van der Waals surface area contributed by atoms with E-state index in [1.807, 2.05) is 17.8 Å². The average Bonchev–Trinajstić information content (AvgIpc) is 2.56. The van der Waals surface area contributed by atoms with Crippen LogP contribution in [-0.4, -0.2) is 24.2 Å². The topological polar surface area (TPSA) is 35.2 Å². The van der Waals surface area contributed by atoms with E-state index in [1.165, 1.54) is 11.1 Å². The molecule has 104 valence electrons. The highest BCUT2D eigenvalue weighted by Gasteiger charge is 2.22. The maximum absolute atomic E-state index is 6.32. The Morgan fingerprint density at radius 2 is 1.70 bits per heavy atom. The highest BCUT2D eigenvalue weighted by Crippen LogP contribution is 2.26. The van der Waals surface area contributed by atoms with E-state index in [4.69, 9.17) is 10.5 Å². The van der Waals surface area contributed by atoms with Gasteiger partial charge in [0.05, 0.1) is 18.8 Å². The van der Waals surface area contributed by atoms with E-state index in [-0.39, 0.29) is 12.1 Å². The van der Waals surface area contributed by atoms with Crippen molar-refractivity contribution in [2.45, 2.75) is 12.1 Å². The lowest BCUT2D eigenvalue weighted by Gasteiger charge is -2.28. The van der Waals surface area contributed by atoms with Crippen LogP contribution in [0, 0.1) is 0 Å². The Morgan fingerprint density at radius 1 is 1.00 bits per heavy atom. The first-order chi connectivity index (χ1) is 9.84. The van der Waals surface area contributed by atoms with Gasteiger partial charge in [-0.2, -0.15) is 11.8 Å². The van der Waals surface area contributed by atoms with Crippen LogP contribution in [0.5, 0.6) is 0 Å². The molecule has 0 spiro atoms. The zero-order chi connectivity index (χ0) is 13.8. The van der Waals surface area contributed by atoms with E-state index < -0.39 is 0 Å². The smallest absolute Gasteiger partial charge is 0.0858 e. The molecule has 0 aromatic heterocycles. The lowest BCUT2D eigenvalue weighted by Crippen LogP contribution is -2.34. The van der Waals surface area contributed by atoms with Crippen LogP contribution in [0.15, 0.2) is 54.6 Å². The summed E-state index contributed by atoms with van der Waals surface area (Å²) in [6.07, 6.45) is 0.135. The predicted molar refractivity (Wildman–Crippen MR) is 85.9 cm³/mol. The summed E-state index contributed by atoms with van der Waals surface area (Å²) in [5.74, 6) is 2.07. The SMILES string of the molecule is NC(c1ccc(-c2ccccc2)cc1)C1CSCCO1. The third-order valence-corrected chi connectivity index (χ3v) is 4.66. The van der Waals surface area contributed by atoms with Gasteiger partial charge in [0.2, 0.25) is 0 Å². The van der Waals surface area contributed by atoms with Crippen molar-refractivity contribution in [1.82, 2.24) is 0 Å². The maximum Gasteiger partial charge on any atom is 0.0858 e. The number of hydrogen-bond donors (Lipinski definition) is 1. The van der Waals surface area contributed by atoms with Crippen LogP contribution in [0.3, 0.4) is 0 Å². The van der Waals surface area contributed by atoms with Crippen LogP contribution in [0.25, 0.3) is 11.1 Å². The number of hydrogen-bond acceptors (Lipinski definition) is 3. The van der Waals surface area contributed by atoms with Gasteiger partial charge in [-0.05, 0) is 16.7 Å². The molecule has 1 saturated heterocycles. The number of nitrogens with two attached hydrogens (primary N) is 1. The van der Waals surface area contributed by atoms with Gasteiger partial charge >= 0.3 is 0 Å². The first-order valence-corrected chi connectivity index (χ1v) is 8.10. The first-order valence-electron chi connectivity index (χ1n) is 6.95. The van der Waals surface area contributed by atoms with Crippen molar-refractivity contribution in [2.75, 3.05) is 18.1 Å². The summed E-state index contributed by atoms with van der Waals surface area (Å²) in [5.41, 5.74) is 9.93. The standard InChI is InChI=1S/C17H19NOS/c18-17(16-12-20-11-10-19-16)15-8-6-14(7-9-15)13-4-2-1-3-5-13/h1-9,16-17H,10-12,18H2. The van der Waals surface area contributed by atoms with E-state index in [9.17, 15) is 0 Å². The summed E-state index contributed by atoms with van der Waals surface area (Å²) in [6, 6.07) is 18.9. The second-order valence-electron chi connectivity index (χ2n) is 5.00.